The SMILES string of the molecule is CCNC(=NCc1ccccc1CN1CCCC(C)C1)N1CCC(C(=O)OC)CC1.I. The Hall–Kier alpha value is -1.35. The molecule has 0 aliphatic carbocycles. The number of carbonyl (C=O) groups excluding carboxylic acids is 1. The average molecular weight is 543 g/mol. The highest BCUT2D eigenvalue weighted by molar-refractivity contribution is 14.0. The van der Waals surface area contributed by atoms with Crippen molar-refractivity contribution >= 4 is 35.9 Å². The van der Waals surface area contributed by atoms with Crippen molar-refractivity contribution in [3.63, 3.8) is 0 Å². The van der Waals surface area contributed by atoms with Crippen LogP contribution in [0.4, 0.5) is 0 Å². The molecule has 1 unspecified atom stereocenters. The van der Waals surface area contributed by atoms with Crippen molar-refractivity contribution in [3.05, 3.63) is 35.4 Å². The fourth-order valence-electron chi connectivity index (χ4n) is 4.62. The number of ether oxygens (including phenoxy) is 1. The summed E-state index contributed by atoms with van der Waals surface area (Å²) in [6.07, 6.45) is 4.29. The Bertz CT molecular complexity index is 719. The van der Waals surface area contributed by atoms with Gasteiger partial charge in [-0.1, -0.05) is 31.2 Å². The molecule has 6 nitrogen and oxygen atoms in total. The zero-order valence-corrected chi connectivity index (χ0v) is 21.6. The number of hydrogen-bond donors (Lipinski definition) is 1. The van der Waals surface area contributed by atoms with E-state index in [2.05, 4.69) is 53.2 Å². The lowest BCUT2D eigenvalue weighted by molar-refractivity contribution is -0.146. The van der Waals surface area contributed by atoms with Crippen LogP contribution in [0.2, 0.25) is 0 Å². The molecule has 1 N–H and O–H groups in total. The van der Waals surface area contributed by atoms with E-state index in [9.17, 15) is 4.79 Å². The topological polar surface area (TPSA) is 57.2 Å². The smallest absolute Gasteiger partial charge is 0.308 e. The van der Waals surface area contributed by atoms with E-state index in [-0.39, 0.29) is 35.9 Å². The summed E-state index contributed by atoms with van der Waals surface area (Å²) >= 11 is 0. The second-order valence-corrected chi connectivity index (χ2v) is 8.71. The molecule has 1 aromatic carbocycles. The minimum Gasteiger partial charge on any atom is -0.469 e. The number of carbonyl (C=O) groups is 1. The number of esters is 1. The number of aliphatic imine (C=N–C) groups is 1. The minimum absolute atomic E-state index is 0. The number of piperidine rings is 2. The molecule has 0 radical (unpaired) electrons. The first-order chi connectivity index (χ1) is 14.6. The van der Waals surface area contributed by atoms with Crippen LogP contribution in [0.25, 0.3) is 0 Å². The second-order valence-electron chi connectivity index (χ2n) is 8.71. The summed E-state index contributed by atoms with van der Waals surface area (Å²) in [6, 6.07) is 8.71. The number of likely N-dealkylation sites (tertiary alicyclic amines) is 2. The van der Waals surface area contributed by atoms with Gasteiger partial charge in [0.15, 0.2) is 5.96 Å². The molecule has 0 bridgehead atoms. The van der Waals surface area contributed by atoms with Crippen LogP contribution in [-0.2, 0) is 22.6 Å². The van der Waals surface area contributed by atoms with Gasteiger partial charge in [-0.25, -0.2) is 4.99 Å². The van der Waals surface area contributed by atoms with Gasteiger partial charge in [0.25, 0.3) is 0 Å². The van der Waals surface area contributed by atoms with Crippen LogP contribution in [0.3, 0.4) is 0 Å². The van der Waals surface area contributed by atoms with E-state index >= 15 is 0 Å². The second kappa shape index (κ2) is 13.3. The Morgan fingerprint density at radius 3 is 2.52 bits per heavy atom. The first kappa shape index (κ1) is 25.9. The summed E-state index contributed by atoms with van der Waals surface area (Å²) in [6.45, 7) is 11.0. The highest BCUT2D eigenvalue weighted by Gasteiger charge is 2.27. The number of rotatable bonds is 6. The highest BCUT2D eigenvalue weighted by Crippen LogP contribution is 2.21. The van der Waals surface area contributed by atoms with Crippen molar-refractivity contribution in [3.8, 4) is 0 Å². The lowest BCUT2D eigenvalue weighted by Gasteiger charge is -2.33. The van der Waals surface area contributed by atoms with Gasteiger partial charge in [-0.2, -0.15) is 0 Å². The van der Waals surface area contributed by atoms with Gasteiger partial charge in [-0.15, -0.1) is 24.0 Å². The van der Waals surface area contributed by atoms with Gasteiger partial charge in [-0.05, 0) is 56.2 Å². The summed E-state index contributed by atoms with van der Waals surface area (Å²) in [5.74, 6) is 1.67. The lowest BCUT2D eigenvalue weighted by Crippen LogP contribution is -2.46. The molecule has 2 heterocycles. The molecule has 3 rings (SSSR count). The number of hydrogen-bond acceptors (Lipinski definition) is 4. The Morgan fingerprint density at radius 1 is 1.16 bits per heavy atom. The molecular formula is C24H39IN4O2. The third-order valence-corrected chi connectivity index (χ3v) is 6.32. The summed E-state index contributed by atoms with van der Waals surface area (Å²) < 4.78 is 4.91. The quantitative estimate of drug-likeness (QED) is 0.256. The maximum atomic E-state index is 11.8. The normalized spacial score (nSPS) is 20.8. The first-order valence-electron chi connectivity index (χ1n) is 11.5. The summed E-state index contributed by atoms with van der Waals surface area (Å²) in [5.41, 5.74) is 2.69. The molecule has 1 atom stereocenters. The lowest BCUT2D eigenvalue weighted by atomic mass is 9.97. The zero-order chi connectivity index (χ0) is 21.3. The van der Waals surface area contributed by atoms with Crippen molar-refractivity contribution in [1.82, 2.24) is 15.1 Å². The van der Waals surface area contributed by atoms with Crippen molar-refractivity contribution in [2.75, 3.05) is 39.8 Å². The predicted octanol–water partition coefficient (Wildman–Crippen LogP) is 3.89. The first-order valence-corrected chi connectivity index (χ1v) is 11.5. The van der Waals surface area contributed by atoms with E-state index in [0.29, 0.717) is 6.54 Å². The van der Waals surface area contributed by atoms with E-state index in [4.69, 9.17) is 9.73 Å². The molecule has 2 aliphatic rings. The van der Waals surface area contributed by atoms with Gasteiger partial charge in [0.1, 0.15) is 0 Å². The van der Waals surface area contributed by atoms with E-state index in [0.717, 1.165) is 50.9 Å². The van der Waals surface area contributed by atoms with Crippen LogP contribution in [0, 0.1) is 11.8 Å². The van der Waals surface area contributed by atoms with Gasteiger partial charge in [0, 0.05) is 32.7 Å². The monoisotopic (exact) mass is 542 g/mol. The Labute approximate surface area is 204 Å². The van der Waals surface area contributed by atoms with Crippen LogP contribution >= 0.6 is 24.0 Å². The maximum absolute atomic E-state index is 11.8. The summed E-state index contributed by atoms with van der Waals surface area (Å²) in [5, 5.41) is 3.44. The minimum atomic E-state index is -0.0856. The van der Waals surface area contributed by atoms with Crippen LogP contribution in [0.15, 0.2) is 29.3 Å². The van der Waals surface area contributed by atoms with Crippen LogP contribution in [0.5, 0.6) is 0 Å². The van der Waals surface area contributed by atoms with Gasteiger partial charge < -0.3 is 15.0 Å². The van der Waals surface area contributed by atoms with E-state index in [1.54, 1.807) is 0 Å². The van der Waals surface area contributed by atoms with Crippen LogP contribution in [-0.4, -0.2) is 61.6 Å². The number of benzene rings is 1. The Morgan fingerprint density at radius 2 is 1.87 bits per heavy atom. The molecule has 2 fully saturated rings. The molecule has 0 aromatic heterocycles. The number of nitrogens with one attached hydrogen (secondary N) is 1. The van der Waals surface area contributed by atoms with Crippen molar-refractivity contribution in [1.29, 1.82) is 0 Å². The van der Waals surface area contributed by atoms with Gasteiger partial charge in [-0.3, -0.25) is 9.69 Å². The van der Waals surface area contributed by atoms with E-state index in [1.807, 2.05) is 0 Å². The molecular weight excluding hydrogens is 503 g/mol. The van der Waals surface area contributed by atoms with Gasteiger partial charge >= 0.3 is 5.97 Å². The van der Waals surface area contributed by atoms with Crippen molar-refractivity contribution in [2.45, 2.75) is 52.6 Å². The maximum Gasteiger partial charge on any atom is 0.308 e. The predicted molar refractivity (Wildman–Crippen MR) is 137 cm³/mol. The standard InChI is InChI=1S/C24H38N4O2.HI/c1-4-25-24(28-14-11-20(12-15-28)23(29)30-3)26-16-21-9-5-6-10-22(21)18-27-13-7-8-19(2)17-27;/h5-6,9-10,19-20H,4,7-8,11-18H2,1-3H3,(H,25,26);1H. The molecule has 174 valence electrons. The average Bonchev–Trinajstić information content (AvgIpc) is 2.77. The molecule has 0 saturated carbocycles. The van der Waals surface area contributed by atoms with Crippen molar-refractivity contribution in [2.24, 2.45) is 16.8 Å². The number of halogens is 1. The van der Waals surface area contributed by atoms with Crippen molar-refractivity contribution < 1.29 is 9.53 Å². The van der Waals surface area contributed by atoms with E-state index < -0.39 is 0 Å². The zero-order valence-electron chi connectivity index (χ0n) is 19.3. The van der Waals surface area contributed by atoms with Gasteiger partial charge in [0.05, 0.1) is 19.6 Å². The molecule has 0 amide bonds. The molecule has 1 aromatic rings. The summed E-state index contributed by atoms with van der Waals surface area (Å²) in [7, 11) is 1.47. The molecule has 31 heavy (non-hydrogen) atoms. The summed E-state index contributed by atoms with van der Waals surface area (Å²) in [4.78, 5) is 21.6. The fourth-order valence-corrected chi connectivity index (χ4v) is 4.62. The largest absolute Gasteiger partial charge is 0.469 e. The fraction of sp³-hybridized carbons (Fsp3) is 0.667. The molecule has 7 heteroatoms. The third kappa shape index (κ3) is 7.63. The molecule has 2 saturated heterocycles. The third-order valence-electron chi connectivity index (χ3n) is 6.32. The number of guanidine groups is 1. The highest BCUT2D eigenvalue weighted by atomic mass is 127. The molecule has 2 aliphatic heterocycles. The van der Waals surface area contributed by atoms with Gasteiger partial charge in [0.2, 0.25) is 0 Å². The van der Waals surface area contributed by atoms with Crippen LogP contribution in [0.1, 0.15) is 50.7 Å². The van der Waals surface area contributed by atoms with Crippen LogP contribution < -0.4 is 5.32 Å². The Balaban J connectivity index is 0.00000341. The number of nitrogens with zero attached hydrogens (tertiary/aromatic N) is 3. The number of methoxy groups -OCH3 is 1. The Kier molecular flexibility index (Phi) is 11.1. The van der Waals surface area contributed by atoms with E-state index in [1.165, 1.54) is 44.2 Å². The molecule has 0 spiro atoms.